The molecule has 1 N–H and O–H groups in total. The predicted octanol–water partition coefficient (Wildman–Crippen LogP) is 2.62. The van der Waals surface area contributed by atoms with Crippen LogP contribution in [0.1, 0.15) is 13.8 Å². The number of piperazine rings is 1. The summed E-state index contributed by atoms with van der Waals surface area (Å²) < 4.78 is 0. The van der Waals surface area contributed by atoms with Gasteiger partial charge in [-0.05, 0) is 32.0 Å². The second-order valence-electron chi connectivity index (χ2n) is 5.85. The Morgan fingerprint density at radius 3 is 2.32 bits per heavy atom. The van der Waals surface area contributed by atoms with Gasteiger partial charge in [-0.25, -0.2) is 4.98 Å². The zero-order chi connectivity index (χ0) is 15.4. The Morgan fingerprint density at radius 1 is 0.955 bits per heavy atom. The first-order valence-corrected chi connectivity index (χ1v) is 7.87. The molecule has 1 aromatic carbocycles. The Bertz CT molecular complexity index is 591. The van der Waals surface area contributed by atoms with Crippen LogP contribution in [0, 0.1) is 0 Å². The molecule has 5 nitrogen and oxygen atoms in total. The summed E-state index contributed by atoms with van der Waals surface area (Å²) >= 11 is 0. The van der Waals surface area contributed by atoms with Gasteiger partial charge in [0.25, 0.3) is 0 Å². The molecule has 116 valence electrons. The van der Waals surface area contributed by atoms with Gasteiger partial charge in [0.05, 0.1) is 0 Å². The first kappa shape index (κ1) is 14.6. The average Bonchev–Trinajstić information content (AvgIpc) is 2.55. The number of hydrogen-bond acceptors (Lipinski definition) is 5. The molecule has 0 radical (unpaired) electrons. The summed E-state index contributed by atoms with van der Waals surface area (Å²) in [5, 5.41) is 3.26. The third-order valence-electron chi connectivity index (χ3n) is 3.78. The number of nitrogens with zero attached hydrogens (tertiary/aromatic N) is 4. The molecule has 2 heterocycles. The van der Waals surface area contributed by atoms with E-state index in [0.717, 1.165) is 32.0 Å². The van der Waals surface area contributed by atoms with Crippen LogP contribution < -0.4 is 15.1 Å². The Balaban J connectivity index is 1.64. The lowest BCUT2D eigenvalue weighted by molar-refractivity contribution is 0.647. The summed E-state index contributed by atoms with van der Waals surface area (Å²) in [6.45, 7) is 8.17. The average molecular weight is 297 g/mol. The van der Waals surface area contributed by atoms with E-state index in [1.165, 1.54) is 5.69 Å². The number of aromatic nitrogens is 2. The van der Waals surface area contributed by atoms with E-state index in [1.54, 1.807) is 0 Å². The molecule has 1 aliphatic rings. The molecule has 0 aliphatic carbocycles. The van der Waals surface area contributed by atoms with Crippen molar-refractivity contribution in [1.29, 1.82) is 0 Å². The molecule has 0 unspecified atom stereocenters. The SMILES string of the molecule is CC(C)Nc1nccc(N2CCN(c3ccccc3)CC2)n1. The van der Waals surface area contributed by atoms with Crippen LogP contribution >= 0.6 is 0 Å². The van der Waals surface area contributed by atoms with Crippen LogP contribution in [0.2, 0.25) is 0 Å². The molecule has 0 bridgehead atoms. The summed E-state index contributed by atoms with van der Waals surface area (Å²) in [5.74, 6) is 1.71. The zero-order valence-corrected chi connectivity index (χ0v) is 13.2. The monoisotopic (exact) mass is 297 g/mol. The van der Waals surface area contributed by atoms with E-state index in [9.17, 15) is 0 Å². The van der Waals surface area contributed by atoms with E-state index in [2.05, 4.69) is 69.3 Å². The number of hydrogen-bond donors (Lipinski definition) is 1. The third kappa shape index (κ3) is 3.47. The summed E-state index contributed by atoms with van der Waals surface area (Å²) in [6.07, 6.45) is 1.83. The molecule has 2 aromatic rings. The van der Waals surface area contributed by atoms with Gasteiger partial charge in [0.2, 0.25) is 5.95 Å². The quantitative estimate of drug-likeness (QED) is 0.940. The standard InChI is InChI=1S/C17H23N5/c1-14(2)19-17-18-9-8-16(20-17)22-12-10-21(11-13-22)15-6-4-3-5-7-15/h3-9,14H,10-13H2,1-2H3,(H,18,19,20). The largest absolute Gasteiger partial charge is 0.368 e. The van der Waals surface area contributed by atoms with E-state index in [-0.39, 0.29) is 0 Å². The molecule has 1 saturated heterocycles. The van der Waals surface area contributed by atoms with Crippen LogP contribution in [0.4, 0.5) is 17.5 Å². The van der Waals surface area contributed by atoms with Crippen LogP contribution in [-0.2, 0) is 0 Å². The summed E-state index contributed by atoms with van der Waals surface area (Å²) in [5.41, 5.74) is 1.30. The normalized spacial score (nSPS) is 15.2. The van der Waals surface area contributed by atoms with E-state index in [1.807, 2.05) is 12.3 Å². The Labute approximate surface area is 132 Å². The first-order chi connectivity index (χ1) is 10.7. The number of rotatable bonds is 4. The molecule has 1 aliphatic heterocycles. The van der Waals surface area contributed by atoms with Crippen LogP contribution in [0.3, 0.4) is 0 Å². The molecule has 1 fully saturated rings. The molecule has 0 atom stereocenters. The topological polar surface area (TPSA) is 44.3 Å². The molecule has 0 spiro atoms. The van der Waals surface area contributed by atoms with Crippen molar-refractivity contribution in [2.45, 2.75) is 19.9 Å². The lowest BCUT2D eigenvalue weighted by atomic mass is 10.2. The van der Waals surface area contributed by atoms with Gasteiger partial charge in [-0.15, -0.1) is 0 Å². The van der Waals surface area contributed by atoms with Crippen molar-refractivity contribution in [3.05, 3.63) is 42.6 Å². The van der Waals surface area contributed by atoms with Crippen molar-refractivity contribution in [1.82, 2.24) is 9.97 Å². The van der Waals surface area contributed by atoms with Gasteiger partial charge in [-0.3, -0.25) is 0 Å². The molecular formula is C17H23N5. The first-order valence-electron chi connectivity index (χ1n) is 7.87. The number of para-hydroxylation sites is 1. The van der Waals surface area contributed by atoms with Crippen LogP contribution in [0.15, 0.2) is 42.6 Å². The molecular weight excluding hydrogens is 274 g/mol. The minimum absolute atomic E-state index is 0.338. The lowest BCUT2D eigenvalue weighted by Crippen LogP contribution is -2.46. The van der Waals surface area contributed by atoms with Gasteiger partial charge in [0, 0.05) is 44.1 Å². The fourth-order valence-corrected chi connectivity index (χ4v) is 2.69. The summed E-state index contributed by atoms with van der Waals surface area (Å²) in [7, 11) is 0. The smallest absolute Gasteiger partial charge is 0.224 e. The number of nitrogens with one attached hydrogen (secondary N) is 1. The second kappa shape index (κ2) is 6.64. The maximum atomic E-state index is 4.62. The van der Waals surface area contributed by atoms with E-state index in [0.29, 0.717) is 12.0 Å². The highest BCUT2D eigenvalue weighted by Crippen LogP contribution is 2.19. The van der Waals surface area contributed by atoms with Crippen LogP contribution in [-0.4, -0.2) is 42.2 Å². The van der Waals surface area contributed by atoms with Gasteiger partial charge < -0.3 is 15.1 Å². The van der Waals surface area contributed by atoms with Gasteiger partial charge >= 0.3 is 0 Å². The molecule has 22 heavy (non-hydrogen) atoms. The van der Waals surface area contributed by atoms with Gasteiger partial charge in [0.1, 0.15) is 5.82 Å². The highest BCUT2D eigenvalue weighted by Gasteiger charge is 2.18. The number of anilines is 3. The lowest BCUT2D eigenvalue weighted by Gasteiger charge is -2.36. The minimum atomic E-state index is 0.338. The Hall–Kier alpha value is -2.30. The van der Waals surface area contributed by atoms with E-state index in [4.69, 9.17) is 0 Å². The molecule has 0 amide bonds. The summed E-state index contributed by atoms with van der Waals surface area (Å²) in [6, 6.07) is 12.9. The van der Waals surface area contributed by atoms with Crippen LogP contribution in [0.25, 0.3) is 0 Å². The predicted molar refractivity (Wildman–Crippen MR) is 91.7 cm³/mol. The van der Waals surface area contributed by atoms with Crippen molar-refractivity contribution >= 4 is 17.5 Å². The fourth-order valence-electron chi connectivity index (χ4n) is 2.69. The Morgan fingerprint density at radius 2 is 1.64 bits per heavy atom. The van der Waals surface area contributed by atoms with Crippen molar-refractivity contribution in [2.24, 2.45) is 0 Å². The minimum Gasteiger partial charge on any atom is -0.368 e. The van der Waals surface area contributed by atoms with Crippen molar-refractivity contribution in [3.63, 3.8) is 0 Å². The summed E-state index contributed by atoms with van der Waals surface area (Å²) in [4.78, 5) is 13.6. The maximum Gasteiger partial charge on any atom is 0.224 e. The highest BCUT2D eigenvalue weighted by molar-refractivity contribution is 5.50. The van der Waals surface area contributed by atoms with Crippen molar-refractivity contribution < 1.29 is 0 Å². The second-order valence-corrected chi connectivity index (χ2v) is 5.85. The van der Waals surface area contributed by atoms with E-state index < -0.39 is 0 Å². The van der Waals surface area contributed by atoms with Gasteiger partial charge in [-0.1, -0.05) is 18.2 Å². The van der Waals surface area contributed by atoms with Gasteiger partial charge in [0.15, 0.2) is 0 Å². The Kier molecular flexibility index (Phi) is 4.42. The van der Waals surface area contributed by atoms with Crippen LogP contribution in [0.5, 0.6) is 0 Å². The third-order valence-corrected chi connectivity index (χ3v) is 3.78. The number of benzene rings is 1. The van der Waals surface area contributed by atoms with E-state index >= 15 is 0 Å². The molecule has 0 saturated carbocycles. The molecule has 1 aromatic heterocycles. The fraction of sp³-hybridized carbons (Fsp3) is 0.412. The highest BCUT2D eigenvalue weighted by atomic mass is 15.3. The maximum absolute atomic E-state index is 4.62. The molecule has 5 heteroatoms. The van der Waals surface area contributed by atoms with Crippen molar-refractivity contribution in [2.75, 3.05) is 41.3 Å². The zero-order valence-electron chi connectivity index (χ0n) is 13.2. The molecule has 3 rings (SSSR count). The van der Waals surface area contributed by atoms with Gasteiger partial charge in [-0.2, -0.15) is 4.98 Å². The van der Waals surface area contributed by atoms with Crippen molar-refractivity contribution in [3.8, 4) is 0 Å².